The lowest BCUT2D eigenvalue weighted by Gasteiger charge is -2.09. The van der Waals surface area contributed by atoms with Crippen LogP contribution < -0.4 is 0 Å². The summed E-state index contributed by atoms with van der Waals surface area (Å²) in [6.45, 7) is 0. The molecule has 0 amide bonds. The molecule has 202 valence electrons. The molecular weight excluding hydrogens is 520 g/mol. The molecule has 6 aromatic rings. The molecule has 4 heteroatoms. The van der Waals surface area contributed by atoms with Gasteiger partial charge in [0.05, 0.1) is 11.1 Å². The van der Waals surface area contributed by atoms with Crippen molar-refractivity contribution >= 4 is 11.9 Å². The highest BCUT2D eigenvalue weighted by molar-refractivity contribution is 5.89. The van der Waals surface area contributed by atoms with Gasteiger partial charge in [-0.3, -0.25) is 0 Å². The van der Waals surface area contributed by atoms with Crippen molar-refractivity contribution in [3.05, 3.63) is 157 Å². The molecule has 4 nitrogen and oxygen atoms in total. The van der Waals surface area contributed by atoms with Gasteiger partial charge in [-0.15, -0.1) is 0 Å². The molecule has 0 radical (unpaired) electrons. The zero-order valence-electron chi connectivity index (χ0n) is 22.6. The van der Waals surface area contributed by atoms with Crippen molar-refractivity contribution in [2.45, 2.75) is 0 Å². The monoisotopic (exact) mass is 546 g/mol. The second kappa shape index (κ2) is 11.4. The van der Waals surface area contributed by atoms with Crippen molar-refractivity contribution in [2.75, 3.05) is 0 Å². The van der Waals surface area contributed by atoms with E-state index in [2.05, 4.69) is 97.1 Å². The fourth-order valence-corrected chi connectivity index (χ4v) is 5.03. The number of hydrogen-bond acceptors (Lipinski definition) is 2. The normalized spacial score (nSPS) is 10.8. The summed E-state index contributed by atoms with van der Waals surface area (Å²) in [5.74, 6) is -1.85. The van der Waals surface area contributed by atoms with Crippen LogP contribution in [0, 0.1) is 0 Å². The largest absolute Gasteiger partial charge is 0.478 e. The number of hydrogen-bond donors (Lipinski definition) is 2. The van der Waals surface area contributed by atoms with Crippen LogP contribution >= 0.6 is 0 Å². The first-order valence-electron chi connectivity index (χ1n) is 13.5. The molecule has 2 N–H and O–H groups in total. The SMILES string of the molecule is O=C(O)c1ccc(-c2ccc(-c3ccc(-c4ccc(-c5ccc(-c6ccc(C(=O)O)cc6)cc5)cc4)cc3)cc2)cc1. The number of rotatable bonds is 7. The number of carbonyl (C=O) groups is 2. The van der Waals surface area contributed by atoms with Crippen molar-refractivity contribution in [1.29, 1.82) is 0 Å². The number of carboxylic acid groups (broad SMARTS) is 2. The van der Waals surface area contributed by atoms with E-state index in [0.29, 0.717) is 0 Å². The van der Waals surface area contributed by atoms with Gasteiger partial charge < -0.3 is 10.2 Å². The first kappa shape index (κ1) is 26.5. The van der Waals surface area contributed by atoms with E-state index in [4.69, 9.17) is 10.2 Å². The molecule has 0 saturated carbocycles. The summed E-state index contributed by atoms with van der Waals surface area (Å²) in [5.41, 5.74) is 11.4. The first-order valence-corrected chi connectivity index (χ1v) is 13.5. The Morgan fingerprint density at radius 3 is 0.500 bits per heavy atom. The molecule has 0 spiro atoms. The van der Waals surface area contributed by atoms with Gasteiger partial charge in [-0.25, -0.2) is 9.59 Å². The molecule has 0 atom stereocenters. The van der Waals surface area contributed by atoms with Crippen LogP contribution in [0.2, 0.25) is 0 Å². The van der Waals surface area contributed by atoms with Crippen molar-refractivity contribution in [3.63, 3.8) is 0 Å². The van der Waals surface area contributed by atoms with Gasteiger partial charge >= 0.3 is 11.9 Å². The summed E-state index contributed by atoms with van der Waals surface area (Å²) in [7, 11) is 0. The minimum Gasteiger partial charge on any atom is -0.478 e. The van der Waals surface area contributed by atoms with Crippen molar-refractivity contribution in [1.82, 2.24) is 0 Å². The quantitative estimate of drug-likeness (QED) is 0.209. The lowest BCUT2D eigenvalue weighted by atomic mass is 9.96. The van der Waals surface area contributed by atoms with Crippen molar-refractivity contribution in [2.24, 2.45) is 0 Å². The second-order valence-electron chi connectivity index (χ2n) is 10.1. The lowest BCUT2D eigenvalue weighted by Crippen LogP contribution is -1.94. The van der Waals surface area contributed by atoms with Crippen LogP contribution in [0.15, 0.2) is 146 Å². The molecular formula is C38H26O4. The Morgan fingerprint density at radius 2 is 0.381 bits per heavy atom. The Morgan fingerprint density at radius 1 is 0.262 bits per heavy atom. The van der Waals surface area contributed by atoms with Gasteiger partial charge in [0.25, 0.3) is 0 Å². The Labute approximate surface area is 243 Å². The number of carboxylic acids is 2. The molecule has 0 saturated heterocycles. The van der Waals surface area contributed by atoms with Gasteiger partial charge in [0.1, 0.15) is 0 Å². The molecule has 6 rings (SSSR count). The van der Waals surface area contributed by atoms with Crippen molar-refractivity contribution in [3.8, 4) is 55.6 Å². The van der Waals surface area contributed by atoms with Crippen LogP contribution in [-0.2, 0) is 0 Å². The molecule has 0 unspecified atom stereocenters. The van der Waals surface area contributed by atoms with Crippen LogP contribution in [-0.4, -0.2) is 22.2 Å². The molecule has 0 aliphatic heterocycles. The van der Waals surface area contributed by atoms with Crippen LogP contribution in [0.3, 0.4) is 0 Å². The summed E-state index contributed by atoms with van der Waals surface area (Å²) < 4.78 is 0. The zero-order chi connectivity index (χ0) is 29.1. The van der Waals surface area contributed by atoms with Gasteiger partial charge in [0.2, 0.25) is 0 Å². The van der Waals surface area contributed by atoms with Crippen molar-refractivity contribution < 1.29 is 19.8 Å². The van der Waals surface area contributed by atoms with Gasteiger partial charge in [0, 0.05) is 0 Å². The zero-order valence-corrected chi connectivity index (χ0v) is 22.6. The topological polar surface area (TPSA) is 74.6 Å². The number of aromatic carboxylic acids is 2. The molecule has 0 aliphatic rings. The van der Waals surface area contributed by atoms with Gasteiger partial charge in [-0.2, -0.15) is 0 Å². The minimum atomic E-state index is -0.925. The maximum absolute atomic E-state index is 11.1. The third-order valence-electron chi connectivity index (χ3n) is 7.47. The van der Waals surface area contributed by atoms with Crippen LogP contribution in [0.25, 0.3) is 55.6 Å². The molecule has 0 aliphatic carbocycles. The van der Waals surface area contributed by atoms with Gasteiger partial charge in [-0.05, 0) is 79.9 Å². The summed E-state index contributed by atoms with van der Waals surface area (Å²) in [6.07, 6.45) is 0. The third-order valence-corrected chi connectivity index (χ3v) is 7.47. The van der Waals surface area contributed by atoms with E-state index in [9.17, 15) is 9.59 Å². The van der Waals surface area contributed by atoms with E-state index >= 15 is 0 Å². The van der Waals surface area contributed by atoms with Crippen LogP contribution in [0.4, 0.5) is 0 Å². The summed E-state index contributed by atoms with van der Waals surface area (Å²) in [4.78, 5) is 22.2. The van der Waals surface area contributed by atoms with Gasteiger partial charge in [-0.1, -0.05) is 121 Å². The summed E-state index contributed by atoms with van der Waals surface area (Å²) >= 11 is 0. The Kier molecular flexibility index (Phi) is 7.19. The van der Waals surface area contributed by atoms with E-state index in [1.165, 1.54) is 0 Å². The highest BCUT2D eigenvalue weighted by Crippen LogP contribution is 2.30. The predicted octanol–water partition coefficient (Wildman–Crippen LogP) is 9.42. The fraction of sp³-hybridized carbons (Fsp3) is 0. The number of benzene rings is 6. The molecule has 6 aromatic carbocycles. The Hall–Kier alpha value is -5.74. The second-order valence-corrected chi connectivity index (χ2v) is 10.1. The smallest absolute Gasteiger partial charge is 0.335 e. The molecule has 0 bridgehead atoms. The fourth-order valence-electron chi connectivity index (χ4n) is 5.03. The summed E-state index contributed by atoms with van der Waals surface area (Å²) in [5, 5.41) is 18.2. The highest BCUT2D eigenvalue weighted by Gasteiger charge is 2.07. The van der Waals surface area contributed by atoms with E-state index in [0.717, 1.165) is 55.6 Å². The average Bonchev–Trinajstić information content (AvgIpc) is 3.05. The molecule has 0 heterocycles. The minimum absolute atomic E-state index is 0.280. The Balaban J connectivity index is 1.13. The van der Waals surface area contributed by atoms with Gasteiger partial charge in [0.15, 0.2) is 0 Å². The van der Waals surface area contributed by atoms with E-state index in [-0.39, 0.29) is 11.1 Å². The maximum Gasteiger partial charge on any atom is 0.335 e. The van der Waals surface area contributed by atoms with E-state index < -0.39 is 11.9 Å². The molecule has 42 heavy (non-hydrogen) atoms. The van der Waals surface area contributed by atoms with E-state index in [1.807, 2.05) is 24.3 Å². The maximum atomic E-state index is 11.1. The van der Waals surface area contributed by atoms with Crippen LogP contribution in [0.1, 0.15) is 20.7 Å². The molecule has 0 fully saturated rings. The predicted molar refractivity (Wildman–Crippen MR) is 168 cm³/mol. The standard InChI is InChI=1S/C38H26O4/c39-37(40)35-21-17-33(18-22-35)31-13-9-29(10-14-31)27-5-1-25(2-6-27)26-3-7-28(8-4-26)30-11-15-32(16-12-30)34-19-23-36(24-20-34)38(41)42/h1-24H,(H,39,40)(H,41,42). The van der Waals surface area contributed by atoms with Crippen LogP contribution in [0.5, 0.6) is 0 Å². The third kappa shape index (κ3) is 5.60. The summed E-state index contributed by atoms with van der Waals surface area (Å²) in [6, 6.07) is 47.4. The molecule has 0 aromatic heterocycles. The lowest BCUT2D eigenvalue weighted by molar-refractivity contribution is 0.0686. The highest BCUT2D eigenvalue weighted by atomic mass is 16.4. The Bertz CT molecular complexity index is 1710. The average molecular weight is 547 g/mol. The van der Waals surface area contributed by atoms with E-state index in [1.54, 1.807) is 24.3 Å². The first-order chi connectivity index (χ1) is 20.4.